The molecule has 0 radical (unpaired) electrons. The van der Waals surface area contributed by atoms with Crippen molar-refractivity contribution >= 4 is 32.9 Å². The van der Waals surface area contributed by atoms with Gasteiger partial charge in [-0.2, -0.15) is 0 Å². The first-order valence-corrected chi connectivity index (χ1v) is 5.71. The molecule has 74 valence electrons. The van der Waals surface area contributed by atoms with Crippen LogP contribution >= 0.6 is 22.7 Å². The maximum Gasteiger partial charge on any atom is 0.185 e. The van der Waals surface area contributed by atoms with Crippen LogP contribution in [0.5, 0.6) is 0 Å². The van der Waals surface area contributed by atoms with Crippen molar-refractivity contribution in [2.75, 3.05) is 24.7 Å². The average molecular weight is 226 g/mol. The second kappa shape index (κ2) is 3.55. The lowest BCUT2D eigenvalue weighted by molar-refractivity contribution is 1.10. The third kappa shape index (κ3) is 1.71. The molecule has 0 amide bonds. The molecule has 6 heteroatoms. The van der Waals surface area contributed by atoms with E-state index in [-0.39, 0.29) is 0 Å². The molecule has 0 saturated heterocycles. The van der Waals surface area contributed by atoms with Gasteiger partial charge in [0.05, 0.1) is 10.6 Å². The molecule has 0 aliphatic rings. The van der Waals surface area contributed by atoms with Gasteiger partial charge in [-0.25, -0.2) is 9.97 Å². The maximum absolute atomic E-state index is 5.56. The number of rotatable bonds is 2. The van der Waals surface area contributed by atoms with Gasteiger partial charge >= 0.3 is 0 Å². The molecule has 2 rings (SSSR count). The number of nitrogen functional groups attached to an aromatic ring is 1. The van der Waals surface area contributed by atoms with Crippen LogP contribution in [0.25, 0.3) is 10.6 Å². The third-order valence-corrected chi connectivity index (χ3v) is 3.51. The molecule has 0 bridgehead atoms. The van der Waals surface area contributed by atoms with E-state index < -0.39 is 0 Å². The summed E-state index contributed by atoms with van der Waals surface area (Å²) in [5.41, 5.74) is 6.48. The van der Waals surface area contributed by atoms with Crippen LogP contribution in [0.2, 0.25) is 0 Å². The SMILES string of the molecule is CN(C)c1ncc(-c2csc(N)n2)s1. The van der Waals surface area contributed by atoms with Crippen molar-refractivity contribution in [2.24, 2.45) is 0 Å². The highest BCUT2D eigenvalue weighted by Crippen LogP contribution is 2.31. The summed E-state index contributed by atoms with van der Waals surface area (Å²) in [6, 6.07) is 0. The molecule has 2 aromatic heterocycles. The summed E-state index contributed by atoms with van der Waals surface area (Å²) in [5.74, 6) is 0. The molecule has 0 fully saturated rings. The highest BCUT2D eigenvalue weighted by Gasteiger charge is 2.08. The number of thiazole rings is 2. The smallest absolute Gasteiger partial charge is 0.185 e. The largest absolute Gasteiger partial charge is 0.375 e. The molecule has 0 aromatic carbocycles. The van der Waals surface area contributed by atoms with E-state index >= 15 is 0 Å². The van der Waals surface area contributed by atoms with Gasteiger partial charge in [0.1, 0.15) is 0 Å². The van der Waals surface area contributed by atoms with Gasteiger partial charge in [-0.3, -0.25) is 0 Å². The Bertz CT molecular complexity index is 432. The molecule has 4 nitrogen and oxygen atoms in total. The van der Waals surface area contributed by atoms with Crippen LogP contribution in [0.4, 0.5) is 10.3 Å². The van der Waals surface area contributed by atoms with Gasteiger partial charge in [-0.05, 0) is 0 Å². The number of nitrogens with two attached hydrogens (primary N) is 1. The highest BCUT2D eigenvalue weighted by atomic mass is 32.1. The Morgan fingerprint density at radius 2 is 2.21 bits per heavy atom. The van der Waals surface area contributed by atoms with E-state index in [1.54, 1.807) is 11.3 Å². The van der Waals surface area contributed by atoms with Crippen molar-refractivity contribution in [3.05, 3.63) is 11.6 Å². The molecule has 0 aliphatic heterocycles. The van der Waals surface area contributed by atoms with Crippen LogP contribution in [0.1, 0.15) is 0 Å². The van der Waals surface area contributed by atoms with Gasteiger partial charge in [0.15, 0.2) is 10.3 Å². The molecular weight excluding hydrogens is 216 g/mol. The van der Waals surface area contributed by atoms with Crippen molar-refractivity contribution in [1.29, 1.82) is 0 Å². The number of nitrogens with zero attached hydrogens (tertiary/aromatic N) is 3. The summed E-state index contributed by atoms with van der Waals surface area (Å²) in [6.45, 7) is 0. The number of anilines is 2. The first-order valence-electron chi connectivity index (χ1n) is 4.01. The van der Waals surface area contributed by atoms with Crippen LogP contribution in [0.15, 0.2) is 11.6 Å². The molecular formula is C8H10N4S2. The first kappa shape index (κ1) is 9.42. The van der Waals surface area contributed by atoms with Gasteiger partial charge in [0, 0.05) is 25.7 Å². The molecule has 2 aromatic rings. The van der Waals surface area contributed by atoms with Crippen LogP contribution < -0.4 is 10.6 Å². The van der Waals surface area contributed by atoms with E-state index in [0.29, 0.717) is 5.13 Å². The van der Waals surface area contributed by atoms with E-state index in [1.807, 2.05) is 30.6 Å². The Morgan fingerprint density at radius 1 is 1.43 bits per heavy atom. The van der Waals surface area contributed by atoms with Crippen molar-refractivity contribution < 1.29 is 0 Å². The molecule has 0 unspecified atom stereocenters. The lowest BCUT2D eigenvalue weighted by Gasteiger charge is -2.04. The molecule has 0 aliphatic carbocycles. The fourth-order valence-corrected chi connectivity index (χ4v) is 2.43. The van der Waals surface area contributed by atoms with Crippen molar-refractivity contribution in [2.45, 2.75) is 0 Å². The Labute approximate surface area is 90.0 Å². The predicted molar refractivity (Wildman–Crippen MR) is 62.0 cm³/mol. The summed E-state index contributed by atoms with van der Waals surface area (Å²) >= 11 is 3.06. The van der Waals surface area contributed by atoms with Gasteiger partial charge in [-0.15, -0.1) is 11.3 Å². The van der Waals surface area contributed by atoms with Crippen molar-refractivity contribution in [1.82, 2.24) is 9.97 Å². The third-order valence-electron chi connectivity index (χ3n) is 1.65. The molecule has 0 spiro atoms. The Kier molecular flexibility index (Phi) is 2.39. The van der Waals surface area contributed by atoms with Crippen molar-refractivity contribution in [3.8, 4) is 10.6 Å². The fraction of sp³-hybridized carbons (Fsp3) is 0.250. The maximum atomic E-state index is 5.56. The molecule has 0 atom stereocenters. The van der Waals surface area contributed by atoms with Gasteiger partial charge in [-0.1, -0.05) is 11.3 Å². The fourth-order valence-electron chi connectivity index (χ4n) is 0.991. The van der Waals surface area contributed by atoms with Crippen LogP contribution in [0, 0.1) is 0 Å². The molecule has 0 saturated carbocycles. The quantitative estimate of drug-likeness (QED) is 0.850. The first-order chi connectivity index (χ1) is 6.66. The van der Waals surface area contributed by atoms with Gasteiger partial charge in [0.2, 0.25) is 0 Å². The Hall–Kier alpha value is -1.14. The van der Waals surface area contributed by atoms with E-state index in [4.69, 9.17) is 5.73 Å². The van der Waals surface area contributed by atoms with E-state index in [2.05, 4.69) is 9.97 Å². The van der Waals surface area contributed by atoms with E-state index in [1.165, 1.54) is 11.3 Å². The lowest BCUT2D eigenvalue weighted by Crippen LogP contribution is -2.07. The summed E-state index contributed by atoms with van der Waals surface area (Å²) in [7, 11) is 3.94. The van der Waals surface area contributed by atoms with Gasteiger partial charge < -0.3 is 10.6 Å². The monoisotopic (exact) mass is 226 g/mol. The minimum absolute atomic E-state index is 0.597. The standard InChI is InChI=1S/C8H10N4S2/c1-12(2)8-10-3-6(14-8)5-4-13-7(9)11-5/h3-4H,1-2H3,(H2,9,11). The minimum Gasteiger partial charge on any atom is -0.375 e. The minimum atomic E-state index is 0.597. The normalized spacial score (nSPS) is 10.4. The average Bonchev–Trinajstić information content (AvgIpc) is 2.70. The van der Waals surface area contributed by atoms with Crippen LogP contribution in [-0.2, 0) is 0 Å². The molecule has 2 N–H and O–H groups in total. The van der Waals surface area contributed by atoms with E-state index in [9.17, 15) is 0 Å². The van der Waals surface area contributed by atoms with Crippen molar-refractivity contribution in [3.63, 3.8) is 0 Å². The topological polar surface area (TPSA) is 55.0 Å². The molecule has 14 heavy (non-hydrogen) atoms. The van der Waals surface area contributed by atoms with Gasteiger partial charge in [0.25, 0.3) is 0 Å². The van der Waals surface area contributed by atoms with Crippen LogP contribution in [0.3, 0.4) is 0 Å². The summed E-state index contributed by atoms with van der Waals surface area (Å²) in [5, 5.41) is 3.52. The Balaban J connectivity index is 2.33. The Morgan fingerprint density at radius 3 is 2.71 bits per heavy atom. The molecule has 2 heterocycles. The predicted octanol–water partition coefficient (Wildman–Crippen LogP) is 1.91. The number of hydrogen-bond acceptors (Lipinski definition) is 6. The highest BCUT2D eigenvalue weighted by molar-refractivity contribution is 7.19. The summed E-state index contributed by atoms with van der Waals surface area (Å²) in [4.78, 5) is 11.5. The van der Waals surface area contributed by atoms with Crippen LogP contribution in [-0.4, -0.2) is 24.1 Å². The number of aromatic nitrogens is 2. The second-order valence-electron chi connectivity index (χ2n) is 2.97. The second-order valence-corrected chi connectivity index (χ2v) is 4.87. The number of hydrogen-bond donors (Lipinski definition) is 1. The van der Waals surface area contributed by atoms with E-state index in [0.717, 1.165) is 15.7 Å². The summed E-state index contributed by atoms with van der Waals surface area (Å²) in [6.07, 6.45) is 1.83. The zero-order valence-electron chi connectivity index (χ0n) is 7.89. The lowest BCUT2D eigenvalue weighted by atomic mass is 10.4. The summed E-state index contributed by atoms with van der Waals surface area (Å²) < 4.78 is 0. The zero-order valence-corrected chi connectivity index (χ0v) is 9.52. The zero-order chi connectivity index (χ0) is 10.1.